The van der Waals surface area contributed by atoms with Gasteiger partial charge in [-0.1, -0.05) is 78.9 Å². The maximum absolute atomic E-state index is 12.7. The third kappa shape index (κ3) is 5.58. The maximum Gasteiger partial charge on any atom is 0.286 e. The summed E-state index contributed by atoms with van der Waals surface area (Å²) in [5.41, 5.74) is 3.32. The van der Waals surface area contributed by atoms with E-state index >= 15 is 0 Å². The molecule has 172 valence electrons. The molecule has 2 heterocycles. The van der Waals surface area contributed by atoms with E-state index in [9.17, 15) is 4.79 Å². The van der Waals surface area contributed by atoms with Gasteiger partial charge < -0.3 is 9.64 Å². The Morgan fingerprint density at radius 1 is 0.824 bits per heavy atom. The molecule has 3 aromatic rings. The number of ether oxygens (including phenoxy) is 1. The van der Waals surface area contributed by atoms with Crippen LogP contribution in [0, 0.1) is 0 Å². The number of amides is 1. The van der Waals surface area contributed by atoms with E-state index in [-0.39, 0.29) is 5.91 Å². The van der Waals surface area contributed by atoms with E-state index in [0.29, 0.717) is 11.5 Å². The lowest BCUT2D eigenvalue weighted by Crippen LogP contribution is -2.47. The van der Waals surface area contributed by atoms with Crippen molar-refractivity contribution >= 4 is 28.9 Å². The lowest BCUT2D eigenvalue weighted by Gasteiger charge is -2.35. The Morgan fingerprint density at radius 2 is 1.47 bits per heavy atom. The van der Waals surface area contributed by atoms with Crippen molar-refractivity contribution in [3.05, 3.63) is 107 Å². The molecule has 3 aromatic carbocycles. The zero-order chi connectivity index (χ0) is 23.2. The summed E-state index contributed by atoms with van der Waals surface area (Å²) in [6, 6.07) is 28.4. The van der Waals surface area contributed by atoms with Crippen LogP contribution in [0.5, 0.6) is 5.75 Å². The minimum atomic E-state index is -0.176. The number of carbonyl (C=O) groups is 1. The molecule has 34 heavy (non-hydrogen) atoms. The Morgan fingerprint density at radius 3 is 2.21 bits per heavy atom. The van der Waals surface area contributed by atoms with Crippen molar-refractivity contribution in [3.63, 3.8) is 0 Å². The van der Waals surface area contributed by atoms with E-state index in [1.807, 2.05) is 66.7 Å². The van der Waals surface area contributed by atoms with Crippen molar-refractivity contribution in [3.8, 4) is 5.75 Å². The minimum absolute atomic E-state index is 0.176. The van der Waals surface area contributed by atoms with E-state index < -0.39 is 0 Å². The van der Waals surface area contributed by atoms with Crippen molar-refractivity contribution in [1.29, 1.82) is 0 Å². The zero-order valence-electron chi connectivity index (χ0n) is 19.0. The minimum Gasteiger partial charge on any atom is -0.488 e. The lowest BCUT2D eigenvalue weighted by atomic mass is 10.2. The van der Waals surface area contributed by atoms with Gasteiger partial charge in [0.2, 0.25) is 0 Å². The number of aliphatic imine (C=N–C) groups is 1. The number of amidine groups is 1. The Kier molecular flexibility index (Phi) is 7.08. The van der Waals surface area contributed by atoms with Gasteiger partial charge in [-0.25, -0.2) is 0 Å². The molecule has 0 aliphatic carbocycles. The van der Waals surface area contributed by atoms with Gasteiger partial charge in [-0.05, 0) is 35.0 Å². The fourth-order valence-corrected chi connectivity index (χ4v) is 5.04. The number of benzene rings is 3. The van der Waals surface area contributed by atoms with Crippen LogP contribution in [-0.2, 0) is 17.9 Å². The number of carbonyl (C=O) groups excluding carboxylic acids is 1. The second kappa shape index (κ2) is 10.7. The van der Waals surface area contributed by atoms with Crippen LogP contribution >= 0.6 is 11.8 Å². The molecule has 1 amide bonds. The standard InChI is InChI=1S/C28H27N3O2S/c32-27-26(19-24-13-7-8-14-25(24)33-21-23-11-5-2-6-12-23)34-28(29-27)31-17-15-30(16-18-31)20-22-9-3-1-4-10-22/h1-14,19H,15-18,20-21H2/b26-19-. The number of para-hydroxylation sites is 1. The number of nitrogens with zero attached hydrogens (tertiary/aromatic N) is 3. The van der Waals surface area contributed by atoms with Crippen LogP contribution in [0.4, 0.5) is 0 Å². The summed E-state index contributed by atoms with van der Waals surface area (Å²) in [5.74, 6) is 0.583. The van der Waals surface area contributed by atoms with Crippen LogP contribution in [0.3, 0.4) is 0 Å². The summed E-state index contributed by atoms with van der Waals surface area (Å²) in [6.45, 7) is 5.09. The first-order valence-electron chi connectivity index (χ1n) is 11.5. The molecule has 2 aliphatic heterocycles. The molecule has 0 radical (unpaired) electrons. The third-order valence-electron chi connectivity index (χ3n) is 5.94. The van der Waals surface area contributed by atoms with Gasteiger partial charge in [0.15, 0.2) is 5.17 Å². The summed E-state index contributed by atoms with van der Waals surface area (Å²) in [4.78, 5) is 22.3. The van der Waals surface area contributed by atoms with Crippen LogP contribution in [0.2, 0.25) is 0 Å². The molecule has 0 aromatic heterocycles. The quantitative estimate of drug-likeness (QED) is 0.473. The predicted octanol–water partition coefficient (Wildman–Crippen LogP) is 5.05. The fraction of sp³-hybridized carbons (Fsp3) is 0.214. The van der Waals surface area contributed by atoms with Crippen LogP contribution in [0.15, 0.2) is 94.8 Å². The molecule has 5 rings (SSSR count). The molecule has 2 aliphatic rings. The first kappa shape index (κ1) is 22.4. The number of rotatable bonds is 6. The average Bonchev–Trinajstić information content (AvgIpc) is 3.25. The second-order valence-electron chi connectivity index (χ2n) is 8.37. The Bertz CT molecular complexity index is 1190. The van der Waals surface area contributed by atoms with Crippen molar-refractivity contribution < 1.29 is 9.53 Å². The molecule has 5 nitrogen and oxygen atoms in total. The molecular weight excluding hydrogens is 442 g/mol. The smallest absolute Gasteiger partial charge is 0.286 e. The second-order valence-corrected chi connectivity index (χ2v) is 9.38. The van der Waals surface area contributed by atoms with Crippen molar-refractivity contribution in [2.75, 3.05) is 26.2 Å². The number of hydrogen-bond donors (Lipinski definition) is 0. The first-order chi connectivity index (χ1) is 16.7. The van der Waals surface area contributed by atoms with Gasteiger partial charge in [0, 0.05) is 38.3 Å². The molecule has 0 bridgehead atoms. The van der Waals surface area contributed by atoms with Gasteiger partial charge in [-0.2, -0.15) is 4.99 Å². The van der Waals surface area contributed by atoms with Crippen LogP contribution < -0.4 is 4.74 Å². The summed E-state index contributed by atoms with van der Waals surface area (Å²) < 4.78 is 6.05. The molecule has 0 spiro atoms. The van der Waals surface area contributed by atoms with E-state index in [1.54, 1.807) is 0 Å². The summed E-state index contributed by atoms with van der Waals surface area (Å²) >= 11 is 1.46. The Labute approximate surface area is 204 Å². The largest absolute Gasteiger partial charge is 0.488 e. The highest BCUT2D eigenvalue weighted by molar-refractivity contribution is 8.18. The highest BCUT2D eigenvalue weighted by atomic mass is 32.2. The number of piperazine rings is 1. The summed E-state index contributed by atoms with van der Waals surface area (Å²) in [5, 5.41) is 0.804. The molecule has 1 saturated heterocycles. The highest BCUT2D eigenvalue weighted by Crippen LogP contribution is 2.33. The van der Waals surface area contributed by atoms with Gasteiger partial charge in [-0.15, -0.1) is 0 Å². The third-order valence-corrected chi connectivity index (χ3v) is 6.99. The molecule has 0 N–H and O–H groups in total. The van der Waals surface area contributed by atoms with E-state index in [2.05, 4.69) is 39.1 Å². The Hall–Kier alpha value is -3.35. The fourth-order valence-electron chi connectivity index (χ4n) is 4.08. The number of thioether (sulfide) groups is 1. The number of hydrogen-bond acceptors (Lipinski definition) is 5. The van der Waals surface area contributed by atoms with Gasteiger partial charge in [-0.3, -0.25) is 9.69 Å². The van der Waals surface area contributed by atoms with Crippen molar-refractivity contribution in [2.24, 2.45) is 4.99 Å². The monoisotopic (exact) mass is 469 g/mol. The predicted molar refractivity (Wildman–Crippen MR) is 139 cm³/mol. The molecule has 6 heteroatoms. The molecule has 0 unspecified atom stereocenters. The highest BCUT2D eigenvalue weighted by Gasteiger charge is 2.28. The van der Waals surface area contributed by atoms with Crippen molar-refractivity contribution in [2.45, 2.75) is 13.2 Å². The average molecular weight is 470 g/mol. The van der Waals surface area contributed by atoms with Crippen LogP contribution in [0.1, 0.15) is 16.7 Å². The molecular formula is C28H27N3O2S. The lowest BCUT2D eigenvalue weighted by molar-refractivity contribution is -0.113. The zero-order valence-corrected chi connectivity index (χ0v) is 19.8. The van der Waals surface area contributed by atoms with Gasteiger partial charge in [0.05, 0.1) is 4.91 Å². The SMILES string of the molecule is O=C1N=C(N2CCN(Cc3ccccc3)CC2)S/C1=C\c1ccccc1OCc1ccccc1. The topological polar surface area (TPSA) is 45.1 Å². The molecule has 0 saturated carbocycles. The molecule has 0 atom stereocenters. The van der Waals surface area contributed by atoms with E-state index in [4.69, 9.17) is 4.74 Å². The maximum atomic E-state index is 12.7. The van der Waals surface area contributed by atoms with Gasteiger partial charge >= 0.3 is 0 Å². The first-order valence-corrected chi connectivity index (χ1v) is 12.4. The van der Waals surface area contributed by atoms with Crippen molar-refractivity contribution in [1.82, 2.24) is 9.80 Å². The van der Waals surface area contributed by atoms with Gasteiger partial charge in [0.25, 0.3) is 5.91 Å². The normalized spacial score (nSPS) is 17.8. The summed E-state index contributed by atoms with van der Waals surface area (Å²) in [7, 11) is 0. The van der Waals surface area contributed by atoms with Gasteiger partial charge in [0.1, 0.15) is 12.4 Å². The van der Waals surface area contributed by atoms with E-state index in [1.165, 1.54) is 17.3 Å². The summed E-state index contributed by atoms with van der Waals surface area (Å²) in [6.07, 6.45) is 1.90. The van der Waals surface area contributed by atoms with E-state index in [0.717, 1.165) is 54.8 Å². The van der Waals surface area contributed by atoms with Crippen LogP contribution in [-0.4, -0.2) is 47.1 Å². The Balaban J connectivity index is 1.20. The molecule has 1 fully saturated rings. The van der Waals surface area contributed by atoms with Crippen LogP contribution in [0.25, 0.3) is 6.08 Å².